The number of ether oxygens (including phenoxy) is 1. The standard InChI is InChI=1S/C16H15F2NO2/c1-11-2-5-13(6-3-11)21-9-8-16(20)19-15-7-4-12(17)10-14(15)18/h2-7,10H,8-9H2,1H3,(H,19,20). The maximum absolute atomic E-state index is 13.3. The Bertz CT molecular complexity index is 627. The molecule has 3 nitrogen and oxygen atoms in total. The van der Waals surface area contributed by atoms with Crippen LogP contribution in [0.1, 0.15) is 12.0 Å². The monoisotopic (exact) mass is 291 g/mol. The first-order valence-corrected chi connectivity index (χ1v) is 6.49. The number of hydrogen-bond donors (Lipinski definition) is 1. The van der Waals surface area contributed by atoms with Gasteiger partial charge in [-0.2, -0.15) is 0 Å². The first-order chi connectivity index (χ1) is 10.0. The van der Waals surface area contributed by atoms with Gasteiger partial charge in [-0.1, -0.05) is 17.7 Å². The highest BCUT2D eigenvalue weighted by atomic mass is 19.1. The Morgan fingerprint density at radius 3 is 2.52 bits per heavy atom. The van der Waals surface area contributed by atoms with Gasteiger partial charge in [0.15, 0.2) is 0 Å². The van der Waals surface area contributed by atoms with Crippen LogP contribution in [0.3, 0.4) is 0 Å². The van der Waals surface area contributed by atoms with E-state index in [4.69, 9.17) is 4.74 Å². The highest BCUT2D eigenvalue weighted by Gasteiger charge is 2.08. The minimum atomic E-state index is -0.803. The predicted octanol–water partition coefficient (Wildman–Crippen LogP) is 3.68. The van der Waals surface area contributed by atoms with E-state index in [1.54, 1.807) is 0 Å². The van der Waals surface area contributed by atoms with Gasteiger partial charge in [0.05, 0.1) is 18.7 Å². The molecular weight excluding hydrogens is 276 g/mol. The third-order valence-electron chi connectivity index (χ3n) is 2.82. The SMILES string of the molecule is Cc1ccc(OCCC(=O)Nc2ccc(F)cc2F)cc1. The molecule has 0 bridgehead atoms. The Kier molecular flexibility index (Phi) is 4.87. The molecule has 0 heterocycles. The maximum atomic E-state index is 13.3. The molecule has 0 saturated heterocycles. The lowest BCUT2D eigenvalue weighted by Crippen LogP contribution is -2.16. The lowest BCUT2D eigenvalue weighted by Gasteiger charge is -2.08. The summed E-state index contributed by atoms with van der Waals surface area (Å²) in [4.78, 5) is 11.6. The van der Waals surface area contributed by atoms with Crippen molar-refractivity contribution in [1.29, 1.82) is 0 Å². The van der Waals surface area contributed by atoms with Crippen LogP contribution in [-0.4, -0.2) is 12.5 Å². The largest absolute Gasteiger partial charge is 0.493 e. The Morgan fingerprint density at radius 1 is 1.14 bits per heavy atom. The van der Waals surface area contributed by atoms with E-state index in [1.807, 2.05) is 31.2 Å². The summed E-state index contributed by atoms with van der Waals surface area (Å²) >= 11 is 0. The number of rotatable bonds is 5. The zero-order chi connectivity index (χ0) is 15.2. The third-order valence-corrected chi connectivity index (χ3v) is 2.82. The number of carbonyl (C=O) groups is 1. The van der Waals surface area contributed by atoms with Gasteiger partial charge in [0.25, 0.3) is 0 Å². The average molecular weight is 291 g/mol. The molecule has 1 amide bonds. The van der Waals surface area contributed by atoms with Gasteiger partial charge in [0, 0.05) is 6.07 Å². The first-order valence-electron chi connectivity index (χ1n) is 6.49. The summed E-state index contributed by atoms with van der Waals surface area (Å²) in [6.45, 7) is 2.15. The van der Waals surface area contributed by atoms with Gasteiger partial charge in [-0.15, -0.1) is 0 Å². The highest BCUT2D eigenvalue weighted by Crippen LogP contribution is 2.15. The summed E-state index contributed by atoms with van der Waals surface area (Å²) in [5.74, 6) is -1.22. The fourth-order valence-electron chi connectivity index (χ4n) is 1.70. The Hall–Kier alpha value is -2.43. The van der Waals surface area contributed by atoms with Gasteiger partial charge in [-0.3, -0.25) is 4.79 Å². The van der Waals surface area contributed by atoms with E-state index >= 15 is 0 Å². The Morgan fingerprint density at radius 2 is 1.86 bits per heavy atom. The van der Waals surface area contributed by atoms with Crippen LogP contribution in [0.2, 0.25) is 0 Å². The number of aryl methyl sites for hydroxylation is 1. The van der Waals surface area contributed by atoms with Crippen LogP contribution >= 0.6 is 0 Å². The second kappa shape index (κ2) is 6.83. The number of anilines is 1. The summed E-state index contributed by atoms with van der Waals surface area (Å²) in [6, 6.07) is 10.4. The second-order valence-electron chi connectivity index (χ2n) is 4.58. The fourth-order valence-corrected chi connectivity index (χ4v) is 1.70. The summed E-state index contributed by atoms with van der Waals surface area (Å²) in [5, 5.41) is 2.37. The summed E-state index contributed by atoms with van der Waals surface area (Å²) < 4.78 is 31.5. The molecule has 2 aromatic rings. The van der Waals surface area contributed by atoms with Crippen LogP contribution < -0.4 is 10.1 Å². The molecule has 2 rings (SSSR count). The summed E-state index contributed by atoms with van der Waals surface area (Å²) in [5.41, 5.74) is 1.07. The second-order valence-corrected chi connectivity index (χ2v) is 4.58. The van der Waals surface area contributed by atoms with Crippen LogP contribution in [0.4, 0.5) is 14.5 Å². The van der Waals surface area contributed by atoms with Gasteiger partial charge in [0.1, 0.15) is 17.4 Å². The van der Waals surface area contributed by atoms with E-state index in [0.29, 0.717) is 5.75 Å². The van der Waals surface area contributed by atoms with Crippen molar-refractivity contribution in [2.75, 3.05) is 11.9 Å². The van der Waals surface area contributed by atoms with Gasteiger partial charge < -0.3 is 10.1 Å². The molecule has 0 atom stereocenters. The van der Waals surface area contributed by atoms with Gasteiger partial charge in [0.2, 0.25) is 5.91 Å². The molecule has 0 aliphatic heterocycles. The minimum absolute atomic E-state index is 0.0447. The lowest BCUT2D eigenvalue weighted by molar-refractivity contribution is -0.116. The smallest absolute Gasteiger partial charge is 0.227 e. The van der Waals surface area contributed by atoms with E-state index in [-0.39, 0.29) is 18.7 Å². The van der Waals surface area contributed by atoms with Crippen molar-refractivity contribution in [3.8, 4) is 5.75 Å². The lowest BCUT2D eigenvalue weighted by atomic mass is 10.2. The summed E-state index contributed by atoms with van der Waals surface area (Å²) in [7, 11) is 0. The van der Waals surface area contributed by atoms with Gasteiger partial charge >= 0.3 is 0 Å². The zero-order valence-electron chi connectivity index (χ0n) is 11.5. The number of carbonyl (C=O) groups excluding carboxylic acids is 1. The highest BCUT2D eigenvalue weighted by molar-refractivity contribution is 5.90. The molecule has 0 fully saturated rings. The zero-order valence-corrected chi connectivity index (χ0v) is 11.5. The van der Waals surface area contributed by atoms with E-state index in [1.165, 1.54) is 6.07 Å². The van der Waals surface area contributed by atoms with Crippen LogP contribution in [0.15, 0.2) is 42.5 Å². The van der Waals surface area contributed by atoms with Crippen molar-refractivity contribution in [2.45, 2.75) is 13.3 Å². The molecule has 0 aliphatic carbocycles. The quantitative estimate of drug-likeness (QED) is 0.912. The van der Waals surface area contributed by atoms with E-state index in [0.717, 1.165) is 17.7 Å². The van der Waals surface area contributed by atoms with E-state index in [9.17, 15) is 13.6 Å². The van der Waals surface area contributed by atoms with Crippen molar-refractivity contribution in [3.05, 3.63) is 59.7 Å². The van der Waals surface area contributed by atoms with Crippen LogP contribution in [-0.2, 0) is 4.79 Å². The first kappa shape index (κ1) is 15.0. The van der Waals surface area contributed by atoms with Crippen molar-refractivity contribution in [1.82, 2.24) is 0 Å². The van der Waals surface area contributed by atoms with Crippen molar-refractivity contribution in [3.63, 3.8) is 0 Å². The fraction of sp³-hybridized carbons (Fsp3) is 0.188. The van der Waals surface area contributed by atoms with Crippen LogP contribution in [0.5, 0.6) is 5.75 Å². The van der Waals surface area contributed by atoms with E-state index in [2.05, 4.69) is 5.32 Å². The van der Waals surface area contributed by atoms with E-state index < -0.39 is 17.5 Å². The number of halogens is 2. The molecule has 0 aliphatic rings. The van der Waals surface area contributed by atoms with Crippen molar-refractivity contribution < 1.29 is 18.3 Å². The minimum Gasteiger partial charge on any atom is -0.493 e. The topological polar surface area (TPSA) is 38.3 Å². The molecule has 0 unspecified atom stereocenters. The molecule has 0 radical (unpaired) electrons. The van der Waals surface area contributed by atoms with Gasteiger partial charge in [-0.25, -0.2) is 8.78 Å². The van der Waals surface area contributed by atoms with Gasteiger partial charge in [-0.05, 0) is 31.2 Å². The average Bonchev–Trinajstić information content (AvgIpc) is 2.44. The van der Waals surface area contributed by atoms with Crippen molar-refractivity contribution >= 4 is 11.6 Å². The molecule has 21 heavy (non-hydrogen) atoms. The molecular formula is C16H15F2NO2. The number of nitrogens with one attached hydrogen (secondary N) is 1. The normalized spacial score (nSPS) is 10.2. The molecule has 0 aromatic heterocycles. The maximum Gasteiger partial charge on any atom is 0.227 e. The molecule has 1 N–H and O–H groups in total. The Balaban J connectivity index is 1.81. The third kappa shape index (κ3) is 4.56. The number of hydrogen-bond acceptors (Lipinski definition) is 2. The van der Waals surface area contributed by atoms with Crippen LogP contribution in [0.25, 0.3) is 0 Å². The molecule has 110 valence electrons. The number of amides is 1. The Labute approximate surface area is 121 Å². The molecule has 2 aromatic carbocycles. The molecule has 0 spiro atoms. The van der Waals surface area contributed by atoms with Crippen LogP contribution in [0, 0.1) is 18.6 Å². The summed E-state index contributed by atoms with van der Waals surface area (Å²) in [6.07, 6.45) is 0.0741. The molecule has 0 saturated carbocycles. The molecule has 5 heteroatoms. The number of benzene rings is 2. The van der Waals surface area contributed by atoms with Crippen molar-refractivity contribution in [2.24, 2.45) is 0 Å². The predicted molar refractivity (Wildman–Crippen MR) is 76.3 cm³/mol.